The lowest BCUT2D eigenvalue weighted by Gasteiger charge is -2.27. The van der Waals surface area contributed by atoms with Crippen molar-refractivity contribution in [1.82, 2.24) is 15.5 Å². The van der Waals surface area contributed by atoms with E-state index in [0.717, 1.165) is 31.5 Å². The van der Waals surface area contributed by atoms with Gasteiger partial charge in [0, 0.05) is 12.6 Å². The Morgan fingerprint density at radius 1 is 1.14 bits per heavy atom. The molecule has 0 aromatic heterocycles. The van der Waals surface area contributed by atoms with E-state index < -0.39 is 0 Å². The molecule has 4 heteroatoms. The van der Waals surface area contributed by atoms with Gasteiger partial charge in [0.2, 0.25) is 0 Å². The van der Waals surface area contributed by atoms with Crippen LogP contribution < -0.4 is 10.6 Å². The Morgan fingerprint density at radius 2 is 1.77 bits per heavy atom. The summed E-state index contributed by atoms with van der Waals surface area (Å²) in [5.74, 6) is 0. The molecule has 4 nitrogen and oxygen atoms in total. The second kappa shape index (κ2) is 10.2. The van der Waals surface area contributed by atoms with Gasteiger partial charge in [-0.15, -0.1) is 0 Å². The summed E-state index contributed by atoms with van der Waals surface area (Å²) < 4.78 is 0. The van der Waals surface area contributed by atoms with E-state index in [-0.39, 0.29) is 12.1 Å². The number of urea groups is 1. The number of nitrogens with one attached hydrogen (secondary N) is 2. The quantitative estimate of drug-likeness (QED) is 0.732. The molecule has 124 valence electrons. The molecule has 0 aliphatic rings. The molecule has 2 unspecified atom stereocenters. The largest absolute Gasteiger partial charge is 0.337 e. The smallest absolute Gasteiger partial charge is 0.315 e. The monoisotopic (exact) mass is 305 g/mol. The van der Waals surface area contributed by atoms with Gasteiger partial charge in [0.15, 0.2) is 0 Å². The van der Waals surface area contributed by atoms with Crippen molar-refractivity contribution in [2.75, 3.05) is 19.6 Å². The van der Waals surface area contributed by atoms with Crippen LogP contribution in [-0.4, -0.2) is 36.6 Å². The first-order valence-corrected chi connectivity index (χ1v) is 8.45. The maximum absolute atomic E-state index is 12.2. The first-order valence-electron chi connectivity index (χ1n) is 8.45. The first-order chi connectivity index (χ1) is 10.6. The molecule has 0 saturated heterocycles. The Morgan fingerprint density at radius 3 is 2.32 bits per heavy atom. The van der Waals surface area contributed by atoms with Crippen molar-refractivity contribution in [3.05, 3.63) is 35.9 Å². The van der Waals surface area contributed by atoms with Crippen LogP contribution in [0.5, 0.6) is 0 Å². The summed E-state index contributed by atoms with van der Waals surface area (Å²) in [6.45, 7) is 11.2. The number of benzene rings is 1. The Balaban J connectivity index is 2.50. The average Bonchev–Trinajstić information content (AvgIpc) is 2.54. The lowest BCUT2D eigenvalue weighted by atomic mass is 10.0. The van der Waals surface area contributed by atoms with E-state index in [0.29, 0.717) is 12.6 Å². The number of nitrogens with zero attached hydrogens (tertiary/aromatic N) is 1. The normalized spacial score (nSPS) is 13.7. The highest BCUT2D eigenvalue weighted by molar-refractivity contribution is 5.74. The van der Waals surface area contributed by atoms with Gasteiger partial charge < -0.3 is 10.6 Å². The van der Waals surface area contributed by atoms with Gasteiger partial charge in [-0.3, -0.25) is 4.90 Å². The maximum atomic E-state index is 12.2. The molecule has 0 heterocycles. The van der Waals surface area contributed by atoms with Crippen molar-refractivity contribution in [1.29, 1.82) is 0 Å². The summed E-state index contributed by atoms with van der Waals surface area (Å²) in [7, 11) is 0. The zero-order valence-corrected chi connectivity index (χ0v) is 14.4. The van der Waals surface area contributed by atoms with Crippen LogP contribution in [0.2, 0.25) is 0 Å². The molecule has 0 bridgehead atoms. The molecule has 0 saturated carbocycles. The highest BCUT2D eigenvalue weighted by Crippen LogP contribution is 2.17. The van der Waals surface area contributed by atoms with Gasteiger partial charge in [-0.2, -0.15) is 0 Å². The SMILES string of the molecule is CCCC(NC(=O)NCC(C)N(CC)CC)c1ccccc1. The predicted molar refractivity (Wildman–Crippen MR) is 93.0 cm³/mol. The van der Waals surface area contributed by atoms with Crippen LogP contribution in [-0.2, 0) is 0 Å². The highest BCUT2D eigenvalue weighted by atomic mass is 16.2. The molecular weight excluding hydrogens is 274 g/mol. The zero-order chi connectivity index (χ0) is 16.4. The topological polar surface area (TPSA) is 44.4 Å². The molecule has 2 N–H and O–H groups in total. The molecule has 1 aromatic rings. The Kier molecular flexibility index (Phi) is 8.60. The van der Waals surface area contributed by atoms with E-state index >= 15 is 0 Å². The fourth-order valence-corrected chi connectivity index (χ4v) is 2.72. The molecule has 2 amide bonds. The van der Waals surface area contributed by atoms with Crippen LogP contribution in [0, 0.1) is 0 Å². The van der Waals surface area contributed by atoms with E-state index in [4.69, 9.17) is 0 Å². The second-order valence-electron chi connectivity index (χ2n) is 5.68. The Bertz CT molecular complexity index is 418. The van der Waals surface area contributed by atoms with Crippen LogP contribution in [0.4, 0.5) is 4.79 Å². The van der Waals surface area contributed by atoms with E-state index in [1.807, 2.05) is 18.2 Å². The van der Waals surface area contributed by atoms with Gasteiger partial charge in [0.05, 0.1) is 6.04 Å². The molecule has 0 aliphatic carbocycles. The van der Waals surface area contributed by atoms with Crippen LogP contribution in [0.15, 0.2) is 30.3 Å². The molecule has 22 heavy (non-hydrogen) atoms. The number of likely N-dealkylation sites (N-methyl/N-ethyl adjacent to an activating group) is 1. The van der Waals surface area contributed by atoms with Crippen molar-refractivity contribution in [3.63, 3.8) is 0 Å². The van der Waals surface area contributed by atoms with Crippen molar-refractivity contribution >= 4 is 6.03 Å². The van der Waals surface area contributed by atoms with Gasteiger partial charge in [-0.05, 0) is 32.0 Å². The molecule has 0 radical (unpaired) electrons. The molecule has 1 aromatic carbocycles. The van der Waals surface area contributed by atoms with Crippen molar-refractivity contribution in [2.24, 2.45) is 0 Å². The molecular formula is C18H31N3O. The van der Waals surface area contributed by atoms with E-state index in [1.165, 1.54) is 0 Å². The third kappa shape index (κ3) is 6.06. The molecule has 1 rings (SSSR count). The molecule has 2 atom stereocenters. The van der Waals surface area contributed by atoms with Gasteiger partial charge in [-0.25, -0.2) is 4.79 Å². The number of carbonyl (C=O) groups is 1. The van der Waals surface area contributed by atoms with Crippen LogP contribution >= 0.6 is 0 Å². The predicted octanol–water partition coefficient (Wildman–Crippen LogP) is 3.56. The summed E-state index contributed by atoms with van der Waals surface area (Å²) in [6, 6.07) is 10.5. The summed E-state index contributed by atoms with van der Waals surface area (Å²) in [5, 5.41) is 6.09. The van der Waals surface area contributed by atoms with Crippen molar-refractivity contribution in [2.45, 2.75) is 52.6 Å². The third-order valence-corrected chi connectivity index (χ3v) is 4.08. The minimum Gasteiger partial charge on any atom is -0.337 e. The first kappa shape index (κ1) is 18.5. The van der Waals surface area contributed by atoms with E-state index in [1.54, 1.807) is 0 Å². The summed E-state index contributed by atoms with van der Waals surface area (Å²) in [4.78, 5) is 14.5. The van der Waals surface area contributed by atoms with Gasteiger partial charge >= 0.3 is 6.03 Å². The fourth-order valence-electron chi connectivity index (χ4n) is 2.72. The number of hydrogen-bond acceptors (Lipinski definition) is 2. The Hall–Kier alpha value is -1.55. The van der Waals surface area contributed by atoms with E-state index in [9.17, 15) is 4.79 Å². The summed E-state index contributed by atoms with van der Waals surface area (Å²) in [6.07, 6.45) is 1.98. The number of amides is 2. The zero-order valence-electron chi connectivity index (χ0n) is 14.4. The van der Waals surface area contributed by atoms with Crippen LogP contribution in [0.3, 0.4) is 0 Å². The number of hydrogen-bond donors (Lipinski definition) is 2. The number of rotatable bonds is 9. The minimum atomic E-state index is -0.0821. The van der Waals surface area contributed by atoms with Crippen molar-refractivity contribution < 1.29 is 4.79 Å². The average molecular weight is 305 g/mol. The molecule has 0 spiro atoms. The third-order valence-electron chi connectivity index (χ3n) is 4.08. The van der Waals surface area contributed by atoms with E-state index in [2.05, 4.69) is 55.4 Å². The van der Waals surface area contributed by atoms with Crippen molar-refractivity contribution in [3.8, 4) is 0 Å². The summed E-state index contributed by atoms with van der Waals surface area (Å²) >= 11 is 0. The number of carbonyl (C=O) groups excluding carboxylic acids is 1. The lowest BCUT2D eigenvalue weighted by Crippen LogP contribution is -2.45. The van der Waals surface area contributed by atoms with Gasteiger partial charge in [0.1, 0.15) is 0 Å². The Labute approximate surface area is 135 Å². The summed E-state index contributed by atoms with van der Waals surface area (Å²) in [5.41, 5.74) is 1.16. The fraction of sp³-hybridized carbons (Fsp3) is 0.611. The molecule has 0 aliphatic heterocycles. The molecule has 0 fully saturated rings. The van der Waals surface area contributed by atoms with Crippen LogP contribution in [0.25, 0.3) is 0 Å². The van der Waals surface area contributed by atoms with Gasteiger partial charge in [-0.1, -0.05) is 57.5 Å². The van der Waals surface area contributed by atoms with Crippen LogP contribution in [0.1, 0.15) is 52.1 Å². The lowest BCUT2D eigenvalue weighted by molar-refractivity contribution is 0.212. The second-order valence-corrected chi connectivity index (χ2v) is 5.68. The minimum absolute atomic E-state index is 0.0787. The maximum Gasteiger partial charge on any atom is 0.315 e. The van der Waals surface area contributed by atoms with Gasteiger partial charge in [0.25, 0.3) is 0 Å². The standard InChI is InChI=1S/C18H31N3O/c1-5-11-17(16-12-9-8-10-13-16)20-18(22)19-14-15(4)21(6-2)7-3/h8-10,12-13,15,17H,5-7,11,14H2,1-4H3,(H2,19,20,22). The highest BCUT2D eigenvalue weighted by Gasteiger charge is 2.15.